The highest BCUT2D eigenvalue weighted by atomic mass is 32.2. The molecule has 1 aromatic carbocycles. The summed E-state index contributed by atoms with van der Waals surface area (Å²) in [6, 6.07) is 6.79. The van der Waals surface area contributed by atoms with Crippen molar-refractivity contribution in [3.63, 3.8) is 0 Å². The Hall–Kier alpha value is -1.82. The third-order valence-electron chi connectivity index (χ3n) is 5.74. The Morgan fingerprint density at radius 1 is 1.10 bits per heavy atom. The first kappa shape index (κ1) is 21.9. The van der Waals surface area contributed by atoms with E-state index in [-0.39, 0.29) is 5.91 Å². The standard InChI is InChI=1S/C23H34N4OS/c1-15(2)19-12-9-13-20(16(3)4)22(19)24-21(28)14-29-23-26-25-17(5)27(23)18-10-7-6-8-11-18/h9,12-13,15-16,18H,6-8,10-11,14H2,1-5H3,(H,24,28). The van der Waals surface area contributed by atoms with Crippen LogP contribution in [0.15, 0.2) is 23.4 Å². The van der Waals surface area contributed by atoms with Crippen LogP contribution in [-0.2, 0) is 4.79 Å². The molecule has 0 spiro atoms. The van der Waals surface area contributed by atoms with Crippen LogP contribution in [0.5, 0.6) is 0 Å². The Labute approximate surface area is 179 Å². The minimum Gasteiger partial charge on any atom is -0.325 e. The zero-order valence-electron chi connectivity index (χ0n) is 18.4. The first-order valence-corrected chi connectivity index (χ1v) is 11.8. The fourth-order valence-electron chi connectivity index (χ4n) is 4.21. The van der Waals surface area contributed by atoms with Crippen molar-refractivity contribution in [2.75, 3.05) is 11.1 Å². The van der Waals surface area contributed by atoms with Gasteiger partial charge in [0.15, 0.2) is 5.16 Å². The average Bonchev–Trinajstić information content (AvgIpc) is 3.07. The number of hydrogen-bond donors (Lipinski definition) is 1. The molecule has 29 heavy (non-hydrogen) atoms. The van der Waals surface area contributed by atoms with Crippen molar-refractivity contribution < 1.29 is 4.79 Å². The highest BCUT2D eigenvalue weighted by molar-refractivity contribution is 7.99. The average molecular weight is 415 g/mol. The summed E-state index contributed by atoms with van der Waals surface area (Å²) in [5.74, 6) is 2.02. The van der Waals surface area contributed by atoms with E-state index in [1.54, 1.807) is 0 Å². The largest absolute Gasteiger partial charge is 0.325 e. The van der Waals surface area contributed by atoms with Crippen LogP contribution >= 0.6 is 11.8 Å². The fourth-order valence-corrected chi connectivity index (χ4v) is 5.06. The molecule has 1 amide bonds. The van der Waals surface area contributed by atoms with E-state index in [9.17, 15) is 4.79 Å². The molecule has 1 heterocycles. The molecule has 5 nitrogen and oxygen atoms in total. The van der Waals surface area contributed by atoms with Gasteiger partial charge < -0.3 is 9.88 Å². The molecule has 158 valence electrons. The van der Waals surface area contributed by atoms with E-state index >= 15 is 0 Å². The van der Waals surface area contributed by atoms with Crippen LogP contribution < -0.4 is 5.32 Å². The molecule has 0 bridgehead atoms. The fraction of sp³-hybridized carbons (Fsp3) is 0.609. The van der Waals surface area contributed by atoms with E-state index in [1.807, 2.05) is 6.92 Å². The van der Waals surface area contributed by atoms with Gasteiger partial charge in [-0.05, 0) is 42.7 Å². The third-order valence-corrected chi connectivity index (χ3v) is 6.69. The molecule has 1 aliphatic carbocycles. The molecule has 1 N–H and O–H groups in total. The van der Waals surface area contributed by atoms with Gasteiger partial charge in [-0.3, -0.25) is 4.79 Å². The van der Waals surface area contributed by atoms with Gasteiger partial charge in [0, 0.05) is 11.7 Å². The first-order valence-electron chi connectivity index (χ1n) is 10.9. The predicted octanol–water partition coefficient (Wildman–Crippen LogP) is 6.07. The van der Waals surface area contributed by atoms with E-state index in [0.717, 1.165) is 16.7 Å². The molecule has 6 heteroatoms. The lowest BCUT2D eigenvalue weighted by molar-refractivity contribution is -0.113. The number of amides is 1. The molecule has 0 radical (unpaired) electrons. The molecule has 3 rings (SSSR count). The number of aryl methyl sites for hydroxylation is 1. The van der Waals surface area contributed by atoms with Crippen LogP contribution in [0.3, 0.4) is 0 Å². The minimum atomic E-state index is 0.0147. The van der Waals surface area contributed by atoms with Crippen molar-refractivity contribution in [1.82, 2.24) is 14.8 Å². The lowest BCUT2D eigenvalue weighted by Crippen LogP contribution is -2.19. The van der Waals surface area contributed by atoms with Crippen LogP contribution in [-0.4, -0.2) is 26.4 Å². The molecule has 0 atom stereocenters. The number of carbonyl (C=O) groups excluding carboxylic acids is 1. The zero-order chi connectivity index (χ0) is 21.0. The van der Waals surface area contributed by atoms with Crippen molar-refractivity contribution in [3.8, 4) is 0 Å². The van der Waals surface area contributed by atoms with Crippen LogP contribution in [0.25, 0.3) is 0 Å². The summed E-state index contributed by atoms with van der Waals surface area (Å²) in [6.07, 6.45) is 6.19. The van der Waals surface area contributed by atoms with Gasteiger partial charge in [-0.1, -0.05) is 76.9 Å². The number of aromatic nitrogens is 3. The normalized spacial score (nSPS) is 15.3. The van der Waals surface area contributed by atoms with Gasteiger partial charge in [-0.2, -0.15) is 0 Å². The number of nitrogens with one attached hydrogen (secondary N) is 1. The molecule has 1 fully saturated rings. The summed E-state index contributed by atoms with van der Waals surface area (Å²) in [5.41, 5.74) is 3.36. The second-order valence-corrected chi connectivity index (χ2v) is 9.59. The molecule has 0 unspecified atom stereocenters. The lowest BCUT2D eigenvalue weighted by Gasteiger charge is -2.25. The Morgan fingerprint density at radius 2 is 1.72 bits per heavy atom. The minimum absolute atomic E-state index is 0.0147. The van der Waals surface area contributed by atoms with Gasteiger partial charge in [0.05, 0.1) is 5.75 Å². The van der Waals surface area contributed by atoms with Crippen LogP contribution in [0.4, 0.5) is 5.69 Å². The van der Waals surface area contributed by atoms with E-state index in [1.165, 1.54) is 55.0 Å². The number of thioether (sulfide) groups is 1. The zero-order valence-corrected chi connectivity index (χ0v) is 19.2. The molecule has 0 aliphatic heterocycles. The Kier molecular flexibility index (Phi) is 7.38. The molecule has 1 aliphatic rings. The van der Waals surface area contributed by atoms with Gasteiger partial charge in [-0.15, -0.1) is 10.2 Å². The van der Waals surface area contributed by atoms with Gasteiger partial charge in [0.1, 0.15) is 5.82 Å². The second-order valence-electron chi connectivity index (χ2n) is 8.65. The highest BCUT2D eigenvalue weighted by Crippen LogP contribution is 2.34. The SMILES string of the molecule is Cc1nnc(SCC(=O)Nc2c(C(C)C)cccc2C(C)C)n1C1CCCCC1. The first-order chi connectivity index (χ1) is 13.9. The summed E-state index contributed by atoms with van der Waals surface area (Å²) >= 11 is 1.49. The number of benzene rings is 1. The van der Waals surface area contributed by atoms with Crippen LogP contribution in [0.1, 0.15) is 94.6 Å². The Bertz CT molecular complexity index is 811. The third kappa shape index (κ3) is 5.21. The van der Waals surface area contributed by atoms with Crippen molar-refractivity contribution in [3.05, 3.63) is 35.2 Å². The van der Waals surface area contributed by atoms with E-state index in [0.29, 0.717) is 23.6 Å². The molecule has 2 aromatic rings. The number of para-hydroxylation sites is 1. The van der Waals surface area contributed by atoms with Gasteiger partial charge in [0.2, 0.25) is 5.91 Å². The van der Waals surface area contributed by atoms with Crippen LogP contribution in [0, 0.1) is 6.92 Å². The Morgan fingerprint density at radius 3 is 2.31 bits per heavy atom. The highest BCUT2D eigenvalue weighted by Gasteiger charge is 2.22. The molecule has 0 saturated heterocycles. The topological polar surface area (TPSA) is 59.8 Å². The van der Waals surface area contributed by atoms with Crippen molar-refractivity contribution >= 4 is 23.4 Å². The number of carbonyl (C=O) groups is 1. The lowest BCUT2D eigenvalue weighted by atomic mass is 9.92. The molecule has 1 aromatic heterocycles. The quantitative estimate of drug-likeness (QED) is 0.559. The summed E-state index contributed by atoms with van der Waals surface area (Å²) < 4.78 is 2.25. The van der Waals surface area contributed by atoms with Crippen molar-refractivity contribution in [2.24, 2.45) is 0 Å². The van der Waals surface area contributed by atoms with E-state index in [2.05, 4.69) is 66.0 Å². The van der Waals surface area contributed by atoms with E-state index < -0.39 is 0 Å². The molecule has 1 saturated carbocycles. The molecular weight excluding hydrogens is 380 g/mol. The smallest absolute Gasteiger partial charge is 0.234 e. The van der Waals surface area contributed by atoms with Crippen molar-refractivity contribution in [2.45, 2.75) is 89.8 Å². The summed E-state index contributed by atoms with van der Waals surface area (Å²) in [4.78, 5) is 12.8. The summed E-state index contributed by atoms with van der Waals surface area (Å²) in [7, 11) is 0. The maximum Gasteiger partial charge on any atom is 0.234 e. The van der Waals surface area contributed by atoms with Gasteiger partial charge in [0.25, 0.3) is 0 Å². The van der Waals surface area contributed by atoms with Crippen LogP contribution in [0.2, 0.25) is 0 Å². The van der Waals surface area contributed by atoms with E-state index in [4.69, 9.17) is 0 Å². The summed E-state index contributed by atoms with van der Waals surface area (Å²) in [6.45, 7) is 10.7. The maximum atomic E-state index is 12.8. The molecular formula is C23H34N4OS. The number of rotatable bonds is 7. The maximum absolute atomic E-state index is 12.8. The Balaban J connectivity index is 1.72. The summed E-state index contributed by atoms with van der Waals surface area (Å²) in [5, 5.41) is 12.7. The van der Waals surface area contributed by atoms with Gasteiger partial charge >= 0.3 is 0 Å². The number of nitrogens with zero attached hydrogens (tertiary/aromatic N) is 3. The number of anilines is 1. The number of hydrogen-bond acceptors (Lipinski definition) is 4. The van der Waals surface area contributed by atoms with Crippen molar-refractivity contribution in [1.29, 1.82) is 0 Å². The van der Waals surface area contributed by atoms with Gasteiger partial charge in [-0.25, -0.2) is 0 Å². The monoisotopic (exact) mass is 414 g/mol. The second kappa shape index (κ2) is 9.79. The predicted molar refractivity (Wildman–Crippen MR) is 121 cm³/mol.